The Bertz CT molecular complexity index is 1040. The van der Waals surface area contributed by atoms with Gasteiger partial charge in [0.2, 0.25) is 5.96 Å². The molecule has 0 bridgehead atoms. The molecule has 1 aliphatic heterocycles. The molecule has 7 heteroatoms. The molecule has 1 aromatic heterocycles. The van der Waals surface area contributed by atoms with Crippen LogP contribution in [0.15, 0.2) is 59.7 Å². The summed E-state index contributed by atoms with van der Waals surface area (Å²) < 4.78 is 0. The normalized spacial score (nSPS) is 17.1. The van der Waals surface area contributed by atoms with Crippen LogP contribution in [0, 0.1) is 5.41 Å². The van der Waals surface area contributed by atoms with Crippen molar-refractivity contribution in [3.05, 3.63) is 77.1 Å². The predicted molar refractivity (Wildman–Crippen MR) is 100 cm³/mol. The quantitative estimate of drug-likeness (QED) is 0.229. The number of aromatic amines is 1. The zero-order valence-corrected chi connectivity index (χ0v) is 13.7. The number of phenols is 2. The van der Waals surface area contributed by atoms with Crippen LogP contribution in [0.25, 0.3) is 0 Å². The molecule has 7 N–H and O–H groups in total. The predicted octanol–water partition coefficient (Wildman–Crippen LogP) is 2.67. The monoisotopic (exact) mass is 347 g/mol. The van der Waals surface area contributed by atoms with E-state index >= 15 is 0 Å². The Balaban J connectivity index is 1.96. The minimum Gasteiger partial charge on any atom is -0.504 e. The summed E-state index contributed by atoms with van der Waals surface area (Å²) in [6.45, 7) is 0. The highest BCUT2D eigenvalue weighted by atomic mass is 16.3. The number of H-pyrrole nitrogens is 1. The molecule has 0 fully saturated rings. The number of aliphatic imine (C=N–C) groups is 1. The van der Waals surface area contributed by atoms with Crippen LogP contribution in [0.1, 0.15) is 28.4 Å². The van der Waals surface area contributed by atoms with Gasteiger partial charge < -0.3 is 26.2 Å². The third kappa shape index (κ3) is 2.55. The fourth-order valence-corrected chi connectivity index (χ4v) is 3.23. The molecule has 0 saturated heterocycles. The van der Waals surface area contributed by atoms with Crippen LogP contribution in [-0.2, 0) is 0 Å². The van der Waals surface area contributed by atoms with E-state index in [4.69, 9.17) is 11.1 Å². The Kier molecular flexibility index (Phi) is 3.62. The molecule has 0 spiro atoms. The number of aromatic nitrogens is 1. The maximum Gasteiger partial charge on any atom is 0.213 e. The van der Waals surface area contributed by atoms with Gasteiger partial charge in [-0.05, 0) is 29.8 Å². The number of anilines is 1. The molecule has 2 aromatic carbocycles. The Morgan fingerprint density at radius 1 is 1.08 bits per heavy atom. The Hall–Kier alpha value is -3.74. The summed E-state index contributed by atoms with van der Waals surface area (Å²) in [6.07, 6.45) is 1.79. The number of nitrogens with zero attached hydrogens (tertiary/aromatic N) is 1. The van der Waals surface area contributed by atoms with E-state index in [1.807, 2.05) is 30.3 Å². The zero-order valence-electron chi connectivity index (χ0n) is 13.7. The van der Waals surface area contributed by atoms with Crippen molar-refractivity contribution in [3.63, 3.8) is 0 Å². The second-order valence-electron chi connectivity index (χ2n) is 6.02. The lowest BCUT2D eigenvalue weighted by molar-refractivity contribution is 0.403. The van der Waals surface area contributed by atoms with E-state index < -0.39 is 0 Å². The van der Waals surface area contributed by atoms with Gasteiger partial charge in [0.15, 0.2) is 11.5 Å². The van der Waals surface area contributed by atoms with Gasteiger partial charge in [0, 0.05) is 23.0 Å². The summed E-state index contributed by atoms with van der Waals surface area (Å²) in [5.74, 6) is -0.636. The SMILES string of the molecule is N=C(N)/N=C1/c2ccccc2NC(c2ccc(O)c(O)c2)c2cc[nH]c21. The first-order valence-electron chi connectivity index (χ1n) is 8.03. The number of para-hydroxylation sites is 1. The van der Waals surface area contributed by atoms with Crippen LogP contribution in [0.4, 0.5) is 5.69 Å². The van der Waals surface area contributed by atoms with Gasteiger partial charge in [-0.15, -0.1) is 0 Å². The molecule has 0 aliphatic carbocycles. The number of hydrogen-bond donors (Lipinski definition) is 6. The lowest BCUT2D eigenvalue weighted by Crippen LogP contribution is -2.14. The van der Waals surface area contributed by atoms with Crippen molar-refractivity contribution in [2.45, 2.75) is 6.04 Å². The first-order chi connectivity index (χ1) is 12.5. The van der Waals surface area contributed by atoms with Gasteiger partial charge >= 0.3 is 0 Å². The average Bonchev–Trinajstić information content (AvgIpc) is 3.05. The molecule has 1 unspecified atom stereocenters. The molecular formula is C19H17N5O2. The summed E-state index contributed by atoms with van der Waals surface area (Å²) in [5.41, 5.74) is 10.2. The number of rotatable bonds is 1. The van der Waals surface area contributed by atoms with Crippen molar-refractivity contribution in [1.29, 1.82) is 5.41 Å². The van der Waals surface area contributed by atoms with Gasteiger partial charge in [0.25, 0.3) is 0 Å². The Morgan fingerprint density at radius 3 is 2.65 bits per heavy atom. The molecule has 0 radical (unpaired) electrons. The second-order valence-corrected chi connectivity index (χ2v) is 6.02. The number of aromatic hydroxyl groups is 2. The van der Waals surface area contributed by atoms with E-state index in [2.05, 4.69) is 15.3 Å². The summed E-state index contributed by atoms with van der Waals surface area (Å²) in [5, 5.41) is 30.6. The van der Waals surface area contributed by atoms with Gasteiger partial charge in [0.1, 0.15) is 5.71 Å². The van der Waals surface area contributed by atoms with Crippen LogP contribution in [0.2, 0.25) is 0 Å². The van der Waals surface area contributed by atoms with Crippen molar-refractivity contribution in [1.82, 2.24) is 4.98 Å². The van der Waals surface area contributed by atoms with Crippen LogP contribution in [0.3, 0.4) is 0 Å². The van der Waals surface area contributed by atoms with E-state index in [1.54, 1.807) is 12.3 Å². The first kappa shape index (κ1) is 15.8. The molecule has 2 heterocycles. The zero-order chi connectivity index (χ0) is 18.3. The van der Waals surface area contributed by atoms with Crippen molar-refractivity contribution in [2.75, 3.05) is 5.32 Å². The van der Waals surface area contributed by atoms with Gasteiger partial charge in [-0.2, -0.15) is 0 Å². The lowest BCUT2D eigenvalue weighted by atomic mass is 9.97. The highest BCUT2D eigenvalue weighted by Crippen LogP contribution is 2.38. The lowest BCUT2D eigenvalue weighted by Gasteiger charge is -2.19. The second kappa shape index (κ2) is 5.96. The fraction of sp³-hybridized carbons (Fsp3) is 0.0526. The number of phenolic OH excluding ortho intramolecular Hbond substituents is 2. The minimum atomic E-state index is -0.288. The van der Waals surface area contributed by atoms with Gasteiger partial charge in [0.05, 0.1) is 11.7 Å². The molecule has 4 rings (SSSR count). The molecule has 0 saturated carbocycles. The molecule has 0 amide bonds. The van der Waals surface area contributed by atoms with Crippen LogP contribution in [-0.4, -0.2) is 26.9 Å². The van der Waals surface area contributed by atoms with E-state index in [1.165, 1.54) is 12.1 Å². The maximum absolute atomic E-state index is 9.91. The summed E-state index contributed by atoms with van der Waals surface area (Å²) in [4.78, 5) is 7.41. The molecule has 7 nitrogen and oxygen atoms in total. The average molecular weight is 347 g/mol. The number of nitrogens with two attached hydrogens (primary N) is 1. The van der Waals surface area contributed by atoms with Gasteiger partial charge in [-0.3, -0.25) is 5.41 Å². The maximum atomic E-state index is 9.91. The van der Waals surface area contributed by atoms with Crippen molar-refractivity contribution < 1.29 is 10.2 Å². The molecule has 26 heavy (non-hydrogen) atoms. The third-order valence-corrected chi connectivity index (χ3v) is 4.37. The van der Waals surface area contributed by atoms with Crippen molar-refractivity contribution >= 4 is 17.4 Å². The molecule has 1 aliphatic rings. The van der Waals surface area contributed by atoms with E-state index in [0.717, 1.165) is 28.1 Å². The number of fused-ring (bicyclic) bond motifs is 2. The van der Waals surface area contributed by atoms with Gasteiger partial charge in [-0.1, -0.05) is 24.3 Å². The Morgan fingerprint density at radius 2 is 1.88 bits per heavy atom. The topological polar surface area (TPSA) is 131 Å². The van der Waals surface area contributed by atoms with Crippen LogP contribution >= 0.6 is 0 Å². The van der Waals surface area contributed by atoms with Crippen LogP contribution in [0.5, 0.6) is 11.5 Å². The van der Waals surface area contributed by atoms with E-state index in [9.17, 15) is 10.2 Å². The number of benzene rings is 2. The molecule has 130 valence electrons. The summed E-state index contributed by atoms with van der Waals surface area (Å²) in [6, 6.07) is 14.0. The minimum absolute atomic E-state index is 0.170. The summed E-state index contributed by atoms with van der Waals surface area (Å²) in [7, 11) is 0. The first-order valence-corrected chi connectivity index (χ1v) is 8.03. The molecular weight excluding hydrogens is 330 g/mol. The highest BCUT2D eigenvalue weighted by Gasteiger charge is 2.28. The molecule has 1 atom stereocenters. The number of nitrogens with one attached hydrogen (secondary N) is 3. The Labute approximate surface area is 149 Å². The van der Waals surface area contributed by atoms with Gasteiger partial charge in [-0.25, -0.2) is 4.99 Å². The van der Waals surface area contributed by atoms with Crippen LogP contribution < -0.4 is 11.1 Å². The fourth-order valence-electron chi connectivity index (χ4n) is 3.23. The van der Waals surface area contributed by atoms with Crippen molar-refractivity contribution in [3.8, 4) is 11.5 Å². The van der Waals surface area contributed by atoms with E-state index in [-0.39, 0.29) is 23.5 Å². The molecule has 3 aromatic rings. The van der Waals surface area contributed by atoms with Crippen molar-refractivity contribution in [2.24, 2.45) is 10.7 Å². The number of hydrogen-bond acceptors (Lipinski definition) is 4. The van der Waals surface area contributed by atoms with E-state index in [0.29, 0.717) is 5.71 Å². The summed E-state index contributed by atoms with van der Waals surface area (Å²) >= 11 is 0. The number of guanidine groups is 1. The highest BCUT2D eigenvalue weighted by molar-refractivity contribution is 6.19. The smallest absolute Gasteiger partial charge is 0.213 e. The third-order valence-electron chi connectivity index (χ3n) is 4.37. The largest absolute Gasteiger partial charge is 0.504 e. The standard InChI is InChI=1S/C19H17N5O2/c20-19(21)24-18-11-3-1-2-4-13(11)23-16(12-7-8-22-17(12)18)10-5-6-14(25)15(26)9-10/h1-9,16,22-23,25-26H,(H3,20,21)/b24-18-.